The molecular weight excluding hydrogens is 1590 g/mol. The summed E-state index contributed by atoms with van der Waals surface area (Å²) in [6.07, 6.45) is 0. The molecule has 22 rings (SSSR count). The molecule has 0 aliphatic carbocycles. The summed E-state index contributed by atoms with van der Waals surface area (Å²) in [6, 6.07) is 146. The van der Waals surface area contributed by atoms with Crippen molar-refractivity contribution in [2.75, 3.05) is 9.80 Å². The Morgan fingerprint density at radius 3 is 0.870 bits per heavy atom. The van der Waals surface area contributed by atoms with Gasteiger partial charge in [-0.3, -0.25) is 0 Å². The molecule has 19 aromatic carbocycles. The number of para-hydroxylation sites is 2. The average Bonchev–Trinajstić information content (AvgIpc) is 1.50. The first kappa shape index (κ1) is 72.8. The Kier molecular flexibility index (Phi) is 18.3. The molecule has 0 atom stereocenters. The van der Waals surface area contributed by atoms with Crippen LogP contribution in [-0.4, -0.2) is 19.4 Å². The van der Waals surface area contributed by atoms with Crippen molar-refractivity contribution in [3.63, 3.8) is 0 Å². The molecule has 20 aromatic rings. The van der Waals surface area contributed by atoms with Gasteiger partial charge in [-0.1, -0.05) is 450 Å². The molecule has 3 heterocycles. The number of hydrogen-bond acceptors (Lipinski definition) is 2. The quantitative estimate of drug-likeness (QED) is 0.0706. The van der Waals surface area contributed by atoms with Crippen LogP contribution in [-0.2, 0) is 16.2 Å². The maximum Gasteiger partial charge on any atom is 0.252 e. The van der Waals surface area contributed by atoms with E-state index in [4.69, 9.17) is 0 Å². The highest BCUT2D eigenvalue weighted by atomic mass is 28.3. The number of aromatic nitrogens is 1. The highest BCUT2D eigenvalue weighted by molar-refractivity contribution is 7.20. The Balaban J connectivity index is 0.905. The van der Waals surface area contributed by atoms with Gasteiger partial charge in [-0.25, -0.2) is 0 Å². The Hall–Kier alpha value is -15.1. The zero-order chi connectivity index (χ0) is 95.8. The third kappa shape index (κ3) is 14.6. The number of nitrogens with zero attached hydrogens (tertiary/aromatic N) is 3. The molecule has 0 radical (unpaired) electrons. The van der Waals surface area contributed by atoms with E-state index in [-0.39, 0.29) is 39.3 Å². The predicted octanol–water partition coefficient (Wildman–Crippen LogP) is 29.1. The van der Waals surface area contributed by atoms with E-state index in [0.29, 0.717) is 5.69 Å². The van der Waals surface area contributed by atoms with E-state index in [1.54, 1.807) is 4.57 Å². The highest BCUT2D eigenvalue weighted by Gasteiger charge is 2.48. The van der Waals surface area contributed by atoms with Crippen LogP contribution in [0.2, 0.25) is 0 Å². The molecule has 0 bridgehead atoms. The Labute approximate surface area is 784 Å². The maximum absolute atomic E-state index is 10.1. The summed E-state index contributed by atoms with van der Waals surface area (Å²) >= 11 is 0. The summed E-state index contributed by atoms with van der Waals surface area (Å²) in [5.41, 5.74) is 29.5. The molecule has 2 aliphatic heterocycles. The van der Waals surface area contributed by atoms with Crippen molar-refractivity contribution >= 4 is 108 Å². The number of fused-ring (bicyclic) bond motifs is 7. The first-order valence-electron chi connectivity index (χ1n) is 49.6. The van der Waals surface area contributed by atoms with E-state index in [1.807, 2.05) is 6.07 Å². The third-order valence-corrected chi connectivity index (χ3v) is 31.9. The monoisotopic (exact) mass is 1700 g/mol. The summed E-state index contributed by atoms with van der Waals surface area (Å²) in [7, 11) is -3.03. The van der Waals surface area contributed by atoms with Crippen LogP contribution >= 0.6 is 0 Å². The fraction of sp³-hybridized carbons (Fsp3) is 0.0952. The van der Waals surface area contributed by atoms with Gasteiger partial charge in [0.15, 0.2) is 8.07 Å². The van der Waals surface area contributed by atoms with Crippen LogP contribution in [0.15, 0.2) is 455 Å². The van der Waals surface area contributed by atoms with Gasteiger partial charge in [0, 0.05) is 61.5 Å². The lowest BCUT2D eigenvalue weighted by Crippen LogP contribution is -2.74. The SMILES string of the molecule is [2H]c1c([2H])c([2H])c2c(c1[2H])c1c([2H])c([2H])c([2H])c([2H])c1n2-c1ccc2c(c1)N(c1c(-c3ccc(-c4ccccc4)cc3)cc(C(C)(C)C)cc1-c1ccc(-c3ccccc3)cc1)c1cc(C(C)(C)C)cc3c1B2c1cc(-c2ccc([Si](c4ccccc4)(c4ccccc4)c4ccccc4)cc2)ccc1N3c1c(-c2ccc(-c3ccccc3)cc2)cc(C(C)(C)C)cc1-c1ccc(-c2ccccc2)cc1. The lowest BCUT2D eigenvalue weighted by Gasteiger charge is -2.47. The lowest BCUT2D eigenvalue weighted by molar-refractivity contribution is 0.590. The van der Waals surface area contributed by atoms with E-state index >= 15 is 0 Å². The van der Waals surface area contributed by atoms with Gasteiger partial charge < -0.3 is 14.4 Å². The minimum absolute atomic E-state index is 0.00346. The molecule has 2 aliphatic rings. The molecule has 3 nitrogen and oxygen atoms in total. The second-order valence-corrected chi connectivity index (χ2v) is 41.9. The van der Waals surface area contributed by atoms with Crippen LogP contribution in [0.25, 0.3) is 128 Å². The van der Waals surface area contributed by atoms with Crippen LogP contribution in [0, 0.1) is 0 Å². The second-order valence-electron chi connectivity index (χ2n) is 38.1. The van der Waals surface area contributed by atoms with E-state index in [0.717, 1.165) is 167 Å². The van der Waals surface area contributed by atoms with Gasteiger partial charge in [0.25, 0.3) is 6.71 Å². The van der Waals surface area contributed by atoms with Crippen LogP contribution in [0.3, 0.4) is 0 Å². The molecular formula is C126H102BN3Si. The van der Waals surface area contributed by atoms with E-state index in [1.165, 1.54) is 20.7 Å². The molecule has 0 saturated heterocycles. The van der Waals surface area contributed by atoms with Gasteiger partial charge in [0.2, 0.25) is 0 Å². The Bertz CT molecular complexity index is 7810. The van der Waals surface area contributed by atoms with Gasteiger partial charge in [0.05, 0.1) is 33.4 Å². The summed E-state index contributed by atoms with van der Waals surface area (Å²) < 4.78 is 79.4. The van der Waals surface area contributed by atoms with Crippen LogP contribution < -0.4 is 46.9 Å². The van der Waals surface area contributed by atoms with Crippen molar-refractivity contribution in [2.24, 2.45) is 0 Å². The predicted molar refractivity (Wildman–Crippen MR) is 563 cm³/mol. The smallest absolute Gasteiger partial charge is 0.252 e. The Morgan fingerprint density at radius 1 is 0.237 bits per heavy atom. The maximum atomic E-state index is 10.1. The van der Waals surface area contributed by atoms with E-state index < -0.39 is 61.9 Å². The molecule has 0 spiro atoms. The molecule has 131 heavy (non-hydrogen) atoms. The van der Waals surface area contributed by atoms with Crippen molar-refractivity contribution < 1.29 is 11.0 Å². The zero-order valence-corrected chi connectivity index (χ0v) is 76.1. The van der Waals surface area contributed by atoms with Crippen molar-refractivity contribution in [1.29, 1.82) is 0 Å². The van der Waals surface area contributed by atoms with Gasteiger partial charge in [-0.05, 0) is 215 Å². The second kappa shape index (κ2) is 32.9. The summed E-state index contributed by atoms with van der Waals surface area (Å²) in [5, 5.41) is 5.06. The average molecular weight is 1710 g/mol. The standard InChI is InChI=1S/C126H102BN3Si/c1-124(2,3)99-78-109(94-61-53-89(54-62-94)85-35-17-10-18-36-85)122(110(79-99)95-63-55-90(56-64-95)86-37-19-11-20-38-86)129-117-76-71-98(93-69-73-106(74-70-93)131(103-43-25-14-26-44-103,104-45-27-15-28-46-104)105-47-29-16-30-48-105)77-114(117)127-113-75-72-102(128-115-51-33-31-49-107(115)108-50-32-34-52-116(108)128)84-118(113)130(120-83-101(126(7,8)9)82-119(129)121(120)127)123-111(96-65-57-91(58-66-96)87-39-21-12-22-40-87)80-100(125(4,5)6)81-112(123)97-67-59-92(60-68-97)88-41-23-13-24-42-88/h10-84H,1-9H3/i31D,32D,33D,34D,49D,50D,51D,52D. The minimum Gasteiger partial charge on any atom is -0.310 e. The number of hydrogen-bond donors (Lipinski definition) is 0. The van der Waals surface area contributed by atoms with Crippen LogP contribution in [0.4, 0.5) is 34.1 Å². The molecule has 0 N–H and O–H groups in total. The lowest BCUT2D eigenvalue weighted by atomic mass is 9.33. The third-order valence-electron chi connectivity index (χ3n) is 27.1. The summed E-state index contributed by atoms with van der Waals surface area (Å²) in [5.74, 6) is 0. The van der Waals surface area contributed by atoms with Crippen molar-refractivity contribution in [3.05, 3.63) is 471 Å². The van der Waals surface area contributed by atoms with Gasteiger partial charge in [-0.15, -0.1) is 0 Å². The van der Waals surface area contributed by atoms with Crippen molar-refractivity contribution in [2.45, 2.75) is 78.6 Å². The number of anilines is 6. The molecule has 628 valence electrons. The van der Waals surface area contributed by atoms with Crippen molar-refractivity contribution in [3.8, 4) is 106 Å². The molecule has 0 unspecified atom stereocenters. The summed E-state index contributed by atoms with van der Waals surface area (Å²) in [4.78, 5) is 5.14. The fourth-order valence-corrected chi connectivity index (χ4v) is 25.0. The van der Waals surface area contributed by atoms with E-state index in [9.17, 15) is 11.0 Å². The highest BCUT2D eigenvalue weighted by Crippen LogP contribution is 2.56. The topological polar surface area (TPSA) is 11.4 Å². The first-order valence-corrected chi connectivity index (χ1v) is 47.6. The zero-order valence-electron chi connectivity index (χ0n) is 83.1. The molecule has 5 heteroatoms. The van der Waals surface area contributed by atoms with Crippen LogP contribution in [0.1, 0.15) is 90.0 Å². The van der Waals surface area contributed by atoms with Gasteiger partial charge >= 0.3 is 0 Å². The molecule has 0 amide bonds. The van der Waals surface area contributed by atoms with Gasteiger partial charge in [-0.2, -0.15) is 0 Å². The number of rotatable bonds is 16. The number of benzene rings is 19. The fourth-order valence-electron chi connectivity index (χ4n) is 20.3. The molecule has 0 saturated carbocycles. The summed E-state index contributed by atoms with van der Waals surface area (Å²) in [6.45, 7) is 20.1. The first-order chi connectivity index (χ1) is 67.2. The largest absolute Gasteiger partial charge is 0.310 e. The van der Waals surface area contributed by atoms with Gasteiger partial charge in [0.1, 0.15) is 0 Å². The van der Waals surface area contributed by atoms with Crippen molar-refractivity contribution in [1.82, 2.24) is 4.57 Å². The molecule has 1 aromatic heterocycles. The normalized spacial score (nSPS) is 13.4. The minimum atomic E-state index is -3.03. The molecule has 0 fully saturated rings. The van der Waals surface area contributed by atoms with Crippen LogP contribution in [0.5, 0.6) is 0 Å². The van der Waals surface area contributed by atoms with E-state index in [2.05, 4.69) is 472 Å². The Morgan fingerprint density at radius 2 is 0.519 bits per heavy atom.